The Labute approximate surface area is 153 Å². The van der Waals surface area contributed by atoms with Gasteiger partial charge >= 0.3 is 0 Å². The predicted octanol–water partition coefficient (Wildman–Crippen LogP) is 1.90. The molecule has 0 spiro atoms. The van der Waals surface area contributed by atoms with Crippen LogP contribution in [0.25, 0.3) is 0 Å². The summed E-state index contributed by atoms with van der Waals surface area (Å²) in [4.78, 5) is 37.7. The van der Waals surface area contributed by atoms with Crippen LogP contribution in [-0.2, 0) is 0 Å². The van der Waals surface area contributed by atoms with Crippen molar-refractivity contribution < 1.29 is 9.59 Å². The lowest BCUT2D eigenvalue weighted by molar-refractivity contribution is 0.0590. The zero-order valence-corrected chi connectivity index (χ0v) is 15.1. The molecule has 3 rings (SSSR count). The van der Waals surface area contributed by atoms with Gasteiger partial charge in [-0.25, -0.2) is 9.97 Å². The van der Waals surface area contributed by atoms with Crippen molar-refractivity contribution in [1.29, 1.82) is 0 Å². The average Bonchev–Trinajstić information content (AvgIpc) is 2.68. The summed E-state index contributed by atoms with van der Waals surface area (Å²) in [7, 11) is 0. The van der Waals surface area contributed by atoms with Crippen LogP contribution in [0.15, 0.2) is 42.7 Å². The number of nitrogens with one attached hydrogen (secondary N) is 1. The van der Waals surface area contributed by atoms with E-state index in [0.717, 1.165) is 13.1 Å². The quantitative estimate of drug-likeness (QED) is 0.908. The highest BCUT2D eigenvalue weighted by molar-refractivity contribution is 6.07. The van der Waals surface area contributed by atoms with Gasteiger partial charge in [0.2, 0.25) is 0 Å². The molecule has 2 amide bonds. The van der Waals surface area contributed by atoms with Crippen LogP contribution in [0.4, 0.5) is 5.82 Å². The number of nitrogens with zero attached hydrogens (tertiary/aromatic N) is 4. The Kier molecular flexibility index (Phi) is 5.58. The maximum absolute atomic E-state index is 12.9. The summed E-state index contributed by atoms with van der Waals surface area (Å²) in [5.74, 6) is -0.327. The van der Waals surface area contributed by atoms with Crippen LogP contribution < -0.4 is 5.32 Å². The summed E-state index contributed by atoms with van der Waals surface area (Å²) in [6, 6.07) is 9.28. The van der Waals surface area contributed by atoms with Gasteiger partial charge in [0.05, 0.1) is 0 Å². The molecule has 0 radical (unpaired) electrons. The van der Waals surface area contributed by atoms with E-state index < -0.39 is 0 Å². The van der Waals surface area contributed by atoms with Gasteiger partial charge in [0.1, 0.15) is 0 Å². The van der Waals surface area contributed by atoms with Gasteiger partial charge in [0.15, 0.2) is 11.5 Å². The molecule has 1 aliphatic rings. The van der Waals surface area contributed by atoms with Gasteiger partial charge in [-0.05, 0) is 26.0 Å². The summed E-state index contributed by atoms with van der Waals surface area (Å²) >= 11 is 0. The molecule has 1 aromatic heterocycles. The first-order chi connectivity index (χ1) is 12.6. The molecule has 1 aliphatic heterocycles. The number of anilines is 1. The highest BCUT2D eigenvalue weighted by atomic mass is 16.2. The van der Waals surface area contributed by atoms with Crippen molar-refractivity contribution in [2.75, 3.05) is 31.5 Å². The van der Waals surface area contributed by atoms with Crippen molar-refractivity contribution in [1.82, 2.24) is 19.8 Å². The van der Waals surface area contributed by atoms with E-state index in [4.69, 9.17) is 0 Å². The number of rotatable bonds is 4. The number of hydrogen-bond donors (Lipinski definition) is 1. The minimum absolute atomic E-state index is 0.176. The van der Waals surface area contributed by atoms with E-state index in [0.29, 0.717) is 24.7 Å². The highest BCUT2D eigenvalue weighted by Gasteiger charge is 2.26. The standard InChI is InChI=1S/C19H23N5O2/c1-14(2)23-10-12-24(13-11-23)19(26)16-17(21-9-8-20-16)22-18(25)15-6-4-3-5-7-15/h3-9,14H,10-13H2,1-2H3,(H,21,22,25). The summed E-state index contributed by atoms with van der Waals surface area (Å²) in [6.45, 7) is 7.23. The van der Waals surface area contributed by atoms with E-state index >= 15 is 0 Å². The maximum Gasteiger partial charge on any atom is 0.276 e. The van der Waals surface area contributed by atoms with E-state index in [9.17, 15) is 9.59 Å². The smallest absolute Gasteiger partial charge is 0.276 e. The lowest BCUT2D eigenvalue weighted by Gasteiger charge is -2.36. The number of hydrogen-bond acceptors (Lipinski definition) is 5. The minimum Gasteiger partial charge on any atom is -0.335 e. The average molecular weight is 353 g/mol. The van der Waals surface area contributed by atoms with Crippen LogP contribution in [0.2, 0.25) is 0 Å². The molecule has 26 heavy (non-hydrogen) atoms. The van der Waals surface area contributed by atoms with Gasteiger partial charge in [0.25, 0.3) is 11.8 Å². The van der Waals surface area contributed by atoms with Crippen LogP contribution in [0.3, 0.4) is 0 Å². The fourth-order valence-corrected chi connectivity index (χ4v) is 2.95. The summed E-state index contributed by atoms with van der Waals surface area (Å²) in [6.07, 6.45) is 2.93. The van der Waals surface area contributed by atoms with Gasteiger partial charge in [-0.15, -0.1) is 0 Å². The van der Waals surface area contributed by atoms with E-state index in [-0.39, 0.29) is 23.3 Å². The molecule has 1 fully saturated rings. The predicted molar refractivity (Wildman–Crippen MR) is 99.0 cm³/mol. The van der Waals surface area contributed by atoms with E-state index in [1.165, 1.54) is 12.4 Å². The highest BCUT2D eigenvalue weighted by Crippen LogP contribution is 2.15. The van der Waals surface area contributed by atoms with Gasteiger partial charge in [0, 0.05) is 50.2 Å². The molecule has 2 heterocycles. The topological polar surface area (TPSA) is 78.4 Å². The number of amides is 2. The van der Waals surface area contributed by atoms with Crippen molar-refractivity contribution in [3.63, 3.8) is 0 Å². The normalized spacial score (nSPS) is 15.1. The van der Waals surface area contributed by atoms with Crippen molar-refractivity contribution in [2.24, 2.45) is 0 Å². The van der Waals surface area contributed by atoms with E-state index in [1.54, 1.807) is 29.2 Å². The fraction of sp³-hybridized carbons (Fsp3) is 0.368. The molecule has 0 aliphatic carbocycles. The van der Waals surface area contributed by atoms with Crippen molar-refractivity contribution in [2.45, 2.75) is 19.9 Å². The molecule has 0 unspecified atom stereocenters. The molecule has 7 heteroatoms. The molecule has 0 saturated carbocycles. The van der Waals surface area contributed by atoms with E-state index in [2.05, 4.69) is 34.0 Å². The zero-order valence-electron chi connectivity index (χ0n) is 15.1. The maximum atomic E-state index is 12.9. The summed E-state index contributed by atoms with van der Waals surface area (Å²) in [5.41, 5.74) is 0.678. The Morgan fingerprint density at radius 3 is 2.31 bits per heavy atom. The number of carbonyl (C=O) groups is 2. The largest absolute Gasteiger partial charge is 0.335 e. The molecular formula is C19H23N5O2. The van der Waals surface area contributed by atoms with Crippen LogP contribution in [-0.4, -0.2) is 63.8 Å². The van der Waals surface area contributed by atoms with Gasteiger partial charge < -0.3 is 10.2 Å². The summed E-state index contributed by atoms with van der Waals surface area (Å²) < 4.78 is 0. The van der Waals surface area contributed by atoms with Crippen LogP contribution in [0.5, 0.6) is 0 Å². The van der Waals surface area contributed by atoms with E-state index in [1.807, 2.05) is 6.07 Å². The number of aromatic nitrogens is 2. The SMILES string of the molecule is CC(C)N1CCN(C(=O)c2nccnc2NC(=O)c2ccccc2)CC1. The number of piperazine rings is 1. The van der Waals surface area contributed by atoms with Crippen LogP contribution in [0.1, 0.15) is 34.7 Å². The summed E-state index contributed by atoms with van der Waals surface area (Å²) in [5, 5.41) is 2.70. The molecule has 7 nitrogen and oxygen atoms in total. The van der Waals surface area contributed by atoms with Gasteiger partial charge in [-0.2, -0.15) is 0 Å². The molecule has 0 atom stereocenters. The Hall–Kier alpha value is -2.80. The minimum atomic E-state index is -0.315. The third-order valence-electron chi connectivity index (χ3n) is 4.50. The number of carbonyl (C=O) groups excluding carboxylic acids is 2. The monoisotopic (exact) mass is 353 g/mol. The van der Waals surface area contributed by atoms with Crippen molar-refractivity contribution in [3.8, 4) is 0 Å². The fourth-order valence-electron chi connectivity index (χ4n) is 2.95. The van der Waals surface area contributed by atoms with Gasteiger partial charge in [-0.3, -0.25) is 14.5 Å². The molecular weight excluding hydrogens is 330 g/mol. The van der Waals surface area contributed by atoms with Gasteiger partial charge in [-0.1, -0.05) is 18.2 Å². The first-order valence-electron chi connectivity index (χ1n) is 8.77. The molecule has 2 aromatic rings. The second-order valence-corrected chi connectivity index (χ2v) is 6.50. The second kappa shape index (κ2) is 8.05. The first-order valence-corrected chi connectivity index (χ1v) is 8.77. The first kappa shape index (κ1) is 18.0. The molecule has 1 saturated heterocycles. The lowest BCUT2D eigenvalue weighted by atomic mass is 10.2. The van der Waals surface area contributed by atoms with Crippen molar-refractivity contribution in [3.05, 3.63) is 54.0 Å². The molecule has 1 aromatic carbocycles. The molecule has 136 valence electrons. The Morgan fingerprint density at radius 2 is 1.65 bits per heavy atom. The second-order valence-electron chi connectivity index (χ2n) is 6.50. The van der Waals surface area contributed by atoms with Crippen LogP contribution in [0, 0.1) is 0 Å². The third-order valence-corrected chi connectivity index (χ3v) is 4.50. The Morgan fingerprint density at radius 1 is 1.00 bits per heavy atom. The molecule has 0 bridgehead atoms. The Balaban J connectivity index is 1.73. The zero-order chi connectivity index (χ0) is 18.5. The Bertz CT molecular complexity index is 771. The molecule has 1 N–H and O–H groups in total. The van der Waals surface area contributed by atoms with Crippen molar-refractivity contribution >= 4 is 17.6 Å². The lowest BCUT2D eigenvalue weighted by Crippen LogP contribution is -2.51. The third kappa shape index (κ3) is 4.05. The van der Waals surface area contributed by atoms with Crippen LogP contribution >= 0.6 is 0 Å². The number of benzene rings is 1.